The van der Waals surface area contributed by atoms with Crippen LogP contribution in [0.25, 0.3) is 0 Å². The van der Waals surface area contributed by atoms with Gasteiger partial charge in [0.1, 0.15) is 5.78 Å². The maximum atomic E-state index is 11.9. The van der Waals surface area contributed by atoms with Crippen molar-refractivity contribution in [3.8, 4) is 0 Å². The van der Waals surface area contributed by atoms with Gasteiger partial charge in [0.2, 0.25) is 0 Å². The molecular formula is C13H22O2. The average Bonchev–Trinajstić information content (AvgIpc) is 2.44. The third-order valence-corrected chi connectivity index (χ3v) is 4.17. The van der Waals surface area contributed by atoms with Gasteiger partial charge in [-0.3, -0.25) is 4.79 Å². The molecule has 15 heavy (non-hydrogen) atoms. The van der Waals surface area contributed by atoms with E-state index in [4.69, 9.17) is 0 Å². The van der Waals surface area contributed by atoms with Crippen LogP contribution in [-0.4, -0.2) is 16.5 Å². The summed E-state index contributed by atoms with van der Waals surface area (Å²) in [7, 11) is 0. The van der Waals surface area contributed by atoms with Gasteiger partial charge in [0.05, 0.1) is 5.60 Å². The van der Waals surface area contributed by atoms with E-state index in [9.17, 15) is 9.90 Å². The van der Waals surface area contributed by atoms with Gasteiger partial charge in [0.25, 0.3) is 0 Å². The SMILES string of the molecule is O=C1CCCCC1C1(O)CCCCCC1. The molecule has 0 aliphatic heterocycles. The average molecular weight is 210 g/mol. The quantitative estimate of drug-likeness (QED) is 0.676. The van der Waals surface area contributed by atoms with Crippen molar-refractivity contribution in [1.29, 1.82) is 0 Å². The molecule has 0 radical (unpaired) electrons. The van der Waals surface area contributed by atoms with E-state index < -0.39 is 5.60 Å². The smallest absolute Gasteiger partial charge is 0.138 e. The second-order valence-corrected chi connectivity index (χ2v) is 5.28. The molecule has 0 bridgehead atoms. The van der Waals surface area contributed by atoms with E-state index in [2.05, 4.69) is 0 Å². The predicted molar refractivity (Wildman–Crippen MR) is 59.6 cm³/mol. The second-order valence-electron chi connectivity index (χ2n) is 5.28. The summed E-state index contributed by atoms with van der Waals surface area (Å²) < 4.78 is 0. The molecule has 0 amide bonds. The minimum absolute atomic E-state index is 0.0376. The van der Waals surface area contributed by atoms with Crippen LogP contribution >= 0.6 is 0 Å². The summed E-state index contributed by atoms with van der Waals surface area (Å²) in [5, 5.41) is 10.6. The Labute approximate surface area is 92.1 Å². The zero-order valence-corrected chi connectivity index (χ0v) is 9.50. The molecule has 1 atom stereocenters. The topological polar surface area (TPSA) is 37.3 Å². The van der Waals surface area contributed by atoms with E-state index in [1.807, 2.05) is 0 Å². The maximum Gasteiger partial charge on any atom is 0.138 e. The highest BCUT2D eigenvalue weighted by Gasteiger charge is 2.41. The van der Waals surface area contributed by atoms with E-state index in [-0.39, 0.29) is 5.92 Å². The molecule has 0 aromatic carbocycles. The van der Waals surface area contributed by atoms with Crippen LogP contribution in [0.3, 0.4) is 0 Å². The maximum absolute atomic E-state index is 11.9. The van der Waals surface area contributed by atoms with Crippen molar-refractivity contribution in [3.05, 3.63) is 0 Å². The number of rotatable bonds is 1. The summed E-state index contributed by atoms with van der Waals surface area (Å²) in [5.41, 5.74) is -0.645. The molecule has 0 spiro atoms. The fraction of sp³-hybridized carbons (Fsp3) is 0.923. The van der Waals surface area contributed by atoms with Crippen LogP contribution in [0.1, 0.15) is 64.2 Å². The summed E-state index contributed by atoms with van der Waals surface area (Å²) in [4.78, 5) is 11.9. The lowest BCUT2D eigenvalue weighted by Gasteiger charge is -2.36. The Morgan fingerprint density at radius 3 is 2.27 bits per heavy atom. The largest absolute Gasteiger partial charge is 0.389 e. The van der Waals surface area contributed by atoms with Crippen LogP contribution in [0.5, 0.6) is 0 Å². The van der Waals surface area contributed by atoms with E-state index >= 15 is 0 Å². The molecule has 0 aromatic rings. The highest BCUT2D eigenvalue weighted by molar-refractivity contribution is 5.82. The van der Waals surface area contributed by atoms with Gasteiger partial charge in [0.15, 0.2) is 0 Å². The standard InChI is InChI=1S/C13H22O2/c14-12-8-4-3-7-11(12)13(15)9-5-1-2-6-10-13/h11,15H,1-10H2. The highest BCUT2D eigenvalue weighted by Crippen LogP contribution is 2.39. The predicted octanol–water partition coefficient (Wildman–Crippen LogP) is 2.83. The van der Waals surface area contributed by atoms with Gasteiger partial charge in [-0.2, -0.15) is 0 Å². The number of hydrogen-bond acceptors (Lipinski definition) is 2. The molecule has 1 unspecified atom stereocenters. The van der Waals surface area contributed by atoms with E-state index in [0.717, 1.165) is 44.9 Å². The molecule has 0 aromatic heterocycles. The van der Waals surface area contributed by atoms with Gasteiger partial charge in [-0.25, -0.2) is 0 Å². The molecule has 2 fully saturated rings. The molecule has 2 aliphatic rings. The molecule has 2 rings (SSSR count). The van der Waals surface area contributed by atoms with Gasteiger partial charge in [0, 0.05) is 12.3 Å². The van der Waals surface area contributed by atoms with Gasteiger partial charge < -0.3 is 5.11 Å². The zero-order chi connectivity index (χ0) is 10.7. The first-order valence-corrected chi connectivity index (χ1v) is 6.47. The van der Waals surface area contributed by atoms with Crippen LogP contribution in [0, 0.1) is 5.92 Å². The normalized spacial score (nSPS) is 32.3. The summed E-state index contributed by atoms with van der Waals surface area (Å²) in [6, 6.07) is 0. The van der Waals surface area contributed by atoms with Crippen molar-refractivity contribution in [3.63, 3.8) is 0 Å². The number of carbonyl (C=O) groups excluding carboxylic acids is 1. The summed E-state index contributed by atoms with van der Waals surface area (Å²) in [6.07, 6.45) is 10.1. The Hall–Kier alpha value is -0.370. The van der Waals surface area contributed by atoms with E-state index in [1.54, 1.807) is 0 Å². The summed E-state index contributed by atoms with van der Waals surface area (Å²) in [5.74, 6) is 0.287. The molecule has 2 heteroatoms. The van der Waals surface area contributed by atoms with Crippen molar-refractivity contribution in [2.24, 2.45) is 5.92 Å². The first-order valence-electron chi connectivity index (χ1n) is 6.47. The Bertz CT molecular complexity index is 227. The lowest BCUT2D eigenvalue weighted by molar-refractivity contribution is -0.136. The van der Waals surface area contributed by atoms with Crippen molar-refractivity contribution in [1.82, 2.24) is 0 Å². The molecule has 2 aliphatic carbocycles. The van der Waals surface area contributed by atoms with Gasteiger partial charge >= 0.3 is 0 Å². The Morgan fingerprint density at radius 1 is 1.00 bits per heavy atom. The number of aliphatic hydroxyl groups is 1. The summed E-state index contributed by atoms with van der Waals surface area (Å²) >= 11 is 0. The van der Waals surface area contributed by atoms with Crippen LogP contribution in [0.2, 0.25) is 0 Å². The highest BCUT2D eigenvalue weighted by atomic mass is 16.3. The number of Topliss-reactive ketones (excluding diaryl/α,β-unsaturated/α-hetero) is 1. The Morgan fingerprint density at radius 2 is 1.67 bits per heavy atom. The zero-order valence-electron chi connectivity index (χ0n) is 9.50. The molecule has 0 saturated heterocycles. The molecule has 1 N–H and O–H groups in total. The van der Waals surface area contributed by atoms with Gasteiger partial charge in [-0.1, -0.05) is 32.1 Å². The third-order valence-electron chi connectivity index (χ3n) is 4.17. The molecule has 86 valence electrons. The van der Waals surface area contributed by atoms with Crippen LogP contribution in [0.4, 0.5) is 0 Å². The minimum Gasteiger partial charge on any atom is -0.389 e. The monoisotopic (exact) mass is 210 g/mol. The first-order chi connectivity index (χ1) is 7.22. The first kappa shape index (κ1) is 11.1. The molecule has 2 nitrogen and oxygen atoms in total. The van der Waals surface area contributed by atoms with Crippen LogP contribution in [0.15, 0.2) is 0 Å². The molecule has 0 heterocycles. The minimum atomic E-state index is -0.645. The molecular weight excluding hydrogens is 188 g/mol. The van der Waals surface area contributed by atoms with Crippen molar-refractivity contribution >= 4 is 5.78 Å². The Kier molecular flexibility index (Phi) is 3.45. The van der Waals surface area contributed by atoms with Crippen molar-refractivity contribution < 1.29 is 9.90 Å². The third kappa shape index (κ3) is 2.41. The van der Waals surface area contributed by atoms with Gasteiger partial charge in [-0.15, -0.1) is 0 Å². The van der Waals surface area contributed by atoms with E-state index in [1.165, 1.54) is 12.8 Å². The van der Waals surface area contributed by atoms with Gasteiger partial charge in [-0.05, 0) is 25.7 Å². The Balaban J connectivity index is 2.07. The van der Waals surface area contributed by atoms with Crippen LogP contribution in [-0.2, 0) is 4.79 Å². The fourth-order valence-electron chi connectivity index (χ4n) is 3.24. The molecule has 2 saturated carbocycles. The summed E-state index contributed by atoms with van der Waals surface area (Å²) in [6.45, 7) is 0. The van der Waals surface area contributed by atoms with Crippen molar-refractivity contribution in [2.75, 3.05) is 0 Å². The van der Waals surface area contributed by atoms with Crippen molar-refractivity contribution in [2.45, 2.75) is 69.8 Å². The van der Waals surface area contributed by atoms with Crippen LogP contribution < -0.4 is 0 Å². The van der Waals surface area contributed by atoms with E-state index in [0.29, 0.717) is 12.2 Å². The lowest BCUT2D eigenvalue weighted by Crippen LogP contribution is -2.43. The fourth-order valence-corrected chi connectivity index (χ4v) is 3.24. The second kappa shape index (κ2) is 4.65. The number of carbonyl (C=O) groups is 1. The number of hydrogen-bond donors (Lipinski definition) is 1. The number of ketones is 1. The lowest BCUT2D eigenvalue weighted by atomic mass is 9.72.